The Morgan fingerprint density at radius 2 is 1.77 bits per heavy atom. The van der Waals surface area contributed by atoms with E-state index in [2.05, 4.69) is 15.5 Å². The van der Waals surface area contributed by atoms with Crippen LogP contribution in [0.25, 0.3) is 11.3 Å². The normalized spacial score (nSPS) is 16.8. The van der Waals surface area contributed by atoms with Gasteiger partial charge in [0.05, 0.1) is 26.9 Å². The molecule has 1 saturated carbocycles. The smallest absolute Gasteiger partial charge is 0.357 e. The lowest BCUT2D eigenvalue weighted by Gasteiger charge is -2.20. The molecule has 0 unspecified atom stereocenters. The molecule has 7 nitrogen and oxygen atoms in total. The SMILES string of the molecule is O=C(NCc1cc(-c2ccc(C(F)(F)F)cc2)nc(N2CCCC2)c1)C1(NCCS(=O)(=O)c2ccc(Cl)s2)CC1. The zero-order valence-electron chi connectivity index (χ0n) is 21.4. The van der Waals surface area contributed by atoms with Crippen molar-refractivity contribution < 1.29 is 26.4 Å². The minimum Gasteiger partial charge on any atom is -0.357 e. The van der Waals surface area contributed by atoms with Crippen LogP contribution < -0.4 is 15.5 Å². The average Bonchev–Trinajstić information content (AvgIpc) is 3.28. The van der Waals surface area contributed by atoms with Crippen LogP contribution in [0.15, 0.2) is 52.7 Å². The number of alkyl halides is 3. The lowest BCUT2D eigenvalue weighted by molar-refractivity contribution is -0.137. The van der Waals surface area contributed by atoms with Gasteiger partial charge in [-0.2, -0.15) is 13.2 Å². The topological polar surface area (TPSA) is 91.4 Å². The number of pyridine rings is 1. The van der Waals surface area contributed by atoms with E-state index in [4.69, 9.17) is 16.6 Å². The van der Waals surface area contributed by atoms with Crippen LogP contribution in [0.5, 0.6) is 0 Å². The predicted octanol–water partition coefficient (Wildman–Crippen LogP) is 5.29. The number of benzene rings is 1. The number of nitrogens with one attached hydrogen (secondary N) is 2. The van der Waals surface area contributed by atoms with Gasteiger partial charge in [-0.3, -0.25) is 4.79 Å². The van der Waals surface area contributed by atoms with Crippen molar-refractivity contribution in [2.75, 3.05) is 30.3 Å². The van der Waals surface area contributed by atoms with Crippen molar-refractivity contribution >= 4 is 44.5 Å². The summed E-state index contributed by atoms with van der Waals surface area (Å²) >= 11 is 6.87. The number of anilines is 1. The molecule has 5 rings (SSSR count). The van der Waals surface area contributed by atoms with Crippen molar-refractivity contribution in [3.63, 3.8) is 0 Å². The largest absolute Gasteiger partial charge is 0.416 e. The van der Waals surface area contributed by atoms with Crippen molar-refractivity contribution in [1.29, 1.82) is 0 Å². The maximum atomic E-state index is 13.1. The minimum atomic E-state index is -4.42. The van der Waals surface area contributed by atoms with Gasteiger partial charge in [-0.15, -0.1) is 11.3 Å². The molecule has 214 valence electrons. The summed E-state index contributed by atoms with van der Waals surface area (Å²) < 4.78 is 64.8. The molecular weight excluding hydrogens is 585 g/mol. The Balaban J connectivity index is 1.26. The number of amides is 1. The Hall–Kier alpha value is -2.67. The third-order valence-corrected chi connectivity index (χ3v) is 10.7. The molecule has 1 aliphatic heterocycles. The highest BCUT2D eigenvalue weighted by atomic mass is 35.5. The second-order valence-corrected chi connectivity index (χ2v) is 14.1. The van der Waals surface area contributed by atoms with Crippen LogP contribution >= 0.6 is 22.9 Å². The Bertz CT molecular complexity index is 1480. The maximum Gasteiger partial charge on any atom is 0.416 e. The maximum absolute atomic E-state index is 13.1. The zero-order chi connectivity index (χ0) is 28.5. The fraction of sp³-hybridized carbons (Fsp3) is 0.407. The molecule has 1 aliphatic carbocycles. The molecule has 0 bridgehead atoms. The van der Waals surface area contributed by atoms with Crippen LogP contribution in [0.3, 0.4) is 0 Å². The number of nitrogens with zero attached hydrogens (tertiary/aromatic N) is 2. The molecule has 2 aliphatic rings. The number of hydrogen-bond acceptors (Lipinski definition) is 7. The minimum absolute atomic E-state index is 0.123. The van der Waals surface area contributed by atoms with Gasteiger partial charge in [0.2, 0.25) is 5.91 Å². The molecule has 0 spiro atoms. The standard InChI is InChI=1S/C27H28ClF3N4O3S2/c28-22-7-8-24(39-22)40(37,38)14-11-33-26(9-10-26)25(36)32-17-18-15-21(34-23(16-18)35-12-1-2-13-35)19-3-5-20(6-4-19)27(29,30)31/h3-8,15-16,33H,1-2,9-14,17H2,(H,32,36). The van der Waals surface area contributed by atoms with Gasteiger partial charge in [-0.1, -0.05) is 23.7 Å². The van der Waals surface area contributed by atoms with Crippen LogP contribution in [0.1, 0.15) is 36.8 Å². The predicted molar refractivity (Wildman–Crippen MR) is 149 cm³/mol. The second-order valence-electron chi connectivity index (χ2n) is 10.1. The average molecular weight is 613 g/mol. The molecule has 0 atom stereocenters. The molecule has 1 amide bonds. The summed E-state index contributed by atoms with van der Waals surface area (Å²) in [6.07, 6.45) is -1.18. The highest BCUT2D eigenvalue weighted by Gasteiger charge is 2.49. The number of aromatic nitrogens is 1. The Morgan fingerprint density at radius 3 is 2.38 bits per heavy atom. The molecule has 2 aromatic heterocycles. The van der Waals surface area contributed by atoms with Crippen LogP contribution in [0.2, 0.25) is 4.34 Å². The lowest BCUT2D eigenvalue weighted by atomic mass is 10.1. The number of rotatable bonds is 10. The van der Waals surface area contributed by atoms with Gasteiger partial charge in [0.1, 0.15) is 10.0 Å². The number of carbonyl (C=O) groups excluding carboxylic acids is 1. The fourth-order valence-corrected chi connectivity index (χ4v) is 7.50. The van der Waals surface area contributed by atoms with E-state index in [9.17, 15) is 26.4 Å². The first-order valence-corrected chi connectivity index (χ1v) is 15.7. The highest BCUT2D eigenvalue weighted by molar-refractivity contribution is 7.93. The first-order chi connectivity index (χ1) is 19.0. The van der Waals surface area contributed by atoms with Crippen molar-refractivity contribution in [3.05, 3.63) is 64.0 Å². The van der Waals surface area contributed by atoms with Gasteiger partial charge in [0.25, 0.3) is 0 Å². The van der Waals surface area contributed by atoms with E-state index in [-0.39, 0.29) is 29.0 Å². The Kier molecular flexibility index (Phi) is 8.15. The summed E-state index contributed by atoms with van der Waals surface area (Å²) in [5.41, 5.74) is 0.307. The summed E-state index contributed by atoms with van der Waals surface area (Å²) in [5.74, 6) is 0.343. The first kappa shape index (κ1) is 28.8. The van der Waals surface area contributed by atoms with Gasteiger partial charge < -0.3 is 15.5 Å². The summed E-state index contributed by atoms with van der Waals surface area (Å²) in [6.45, 7) is 1.99. The van der Waals surface area contributed by atoms with Gasteiger partial charge in [-0.25, -0.2) is 13.4 Å². The number of sulfone groups is 1. The van der Waals surface area contributed by atoms with E-state index >= 15 is 0 Å². The molecule has 3 aromatic rings. The van der Waals surface area contributed by atoms with E-state index in [1.165, 1.54) is 18.2 Å². The van der Waals surface area contributed by atoms with Gasteiger partial charge >= 0.3 is 6.18 Å². The molecule has 3 heterocycles. The molecule has 1 saturated heterocycles. The number of hydrogen-bond donors (Lipinski definition) is 2. The fourth-order valence-electron chi connectivity index (χ4n) is 4.71. The van der Waals surface area contributed by atoms with E-state index in [1.54, 1.807) is 12.1 Å². The summed E-state index contributed by atoms with van der Waals surface area (Å²) in [5, 5.41) is 6.07. The highest BCUT2D eigenvalue weighted by Crippen LogP contribution is 2.36. The monoisotopic (exact) mass is 612 g/mol. The lowest BCUT2D eigenvalue weighted by Crippen LogP contribution is -2.47. The second kappa shape index (κ2) is 11.3. The van der Waals surface area contributed by atoms with Crippen molar-refractivity contribution in [2.24, 2.45) is 0 Å². The molecule has 2 N–H and O–H groups in total. The van der Waals surface area contributed by atoms with Crippen molar-refractivity contribution in [3.8, 4) is 11.3 Å². The van der Waals surface area contributed by atoms with Crippen LogP contribution in [-0.2, 0) is 27.4 Å². The Morgan fingerprint density at radius 1 is 1.07 bits per heavy atom. The van der Waals surface area contributed by atoms with Crippen LogP contribution in [0.4, 0.5) is 19.0 Å². The van der Waals surface area contributed by atoms with Crippen LogP contribution in [-0.4, -0.2) is 50.2 Å². The number of carbonyl (C=O) groups is 1. The summed E-state index contributed by atoms with van der Waals surface area (Å²) in [6, 6.07) is 11.6. The van der Waals surface area contributed by atoms with E-state index in [0.29, 0.717) is 28.4 Å². The summed E-state index contributed by atoms with van der Waals surface area (Å²) in [7, 11) is -3.50. The van der Waals surface area contributed by atoms with Gasteiger partial charge in [-0.05, 0) is 67.6 Å². The third-order valence-electron chi connectivity index (χ3n) is 7.14. The van der Waals surface area contributed by atoms with Crippen molar-refractivity contribution in [1.82, 2.24) is 15.6 Å². The van der Waals surface area contributed by atoms with Crippen molar-refractivity contribution in [2.45, 2.75) is 48.2 Å². The van der Waals surface area contributed by atoms with Crippen LogP contribution in [0, 0.1) is 0 Å². The quantitative estimate of drug-likeness (QED) is 0.323. The molecule has 1 aromatic carbocycles. The zero-order valence-corrected chi connectivity index (χ0v) is 23.8. The third kappa shape index (κ3) is 6.62. The number of thiophene rings is 1. The molecule has 0 radical (unpaired) electrons. The summed E-state index contributed by atoms with van der Waals surface area (Å²) in [4.78, 5) is 19.9. The Labute approximate surface area is 239 Å². The molecule has 2 fully saturated rings. The van der Waals surface area contributed by atoms with Gasteiger partial charge in [0, 0.05) is 31.7 Å². The molecule has 13 heteroatoms. The molecule has 40 heavy (non-hydrogen) atoms. The van der Waals surface area contributed by atoms with E-state index in [0.717, 1.165) is 60.8 Å². The van der Waals surface area contributed by atoms with Gasteiger partial charge in [0.15, 0.2) is 9.84 Å². The van der Waals surface area contributed by atoms with E-state index < -0.39 is 27.1 Å². The number of halogens is 4. The first-order valence-electron chi connectivity index (χ1n) is 12.9. The molecular formula is C27H28ClF3N4O3S2. The van der Waals surface area contributed by atoms with E-state index in [1.807, 2.05) is 6.07 Å².